The van der Waals surface area contributed by atoms with Gasteiger partial charge >= 0.3 is 5.97 Å². The van der Waals surface area contributed by atoms with E-state index in [0.717, 1.165) is 5.69 Å². The van der Waals surface area contributed by atoms with Gasteiger partial charge in [0.2, 0.25) is 0 Å². The summed E-state index contributed by atoms with van der Waals surface area (Å²) in [7, 11) is 0. The third-order valence-electron chi connectivity index (χ3n) is 3.49. The maximum absolute atomic E-state index is 11.6. The first-order valence-electron chi connectivity index (χ1n) is 7.30. The number of halogens is 2. The molecule has 0 aliphatic carbocycles. The van der Waals surface area contributed by atoms with Crippen LogP contribution in [0, 0.1) is 0 Å². The summed E-state index contributed by atoms with van der Waals surface area (Å²) in [4.78, 5) is 16.1. The highest BCUT2D eigenvalue weighted by Crippen LogP contribution is 2.36. The number of phenolic OH excluding ortho intramolecular Hbond substituents is 1. The number of aromatic nitrogens is 2. The Hall–Kier alpha value is -2.24. The Morgan fingerprint density at radius 3 is 2.83 bits per heavy atom. The van der Waals surface area contributed by atoms with Crippen molar-refractivity contribution in [3.05, 3.63) is 52.3 Å². The highest BCUT2D eigenvalue weighted by molar-refractivity contribution is 6.37. The van der Waals surface area contributed by atoms with Crippen LogP contribution >= 0.6 is 23.2 Å². The first kappa shape index (κ1) is 16.6. The Morgan fingerprint density at radius 1 is 1.29 bits per heavy atom. The molecule has 0 aliphatic heterocycles. The van der Waals surface area contributed by atoms with E-state index < -0.39 is 0 Å². The number of fused-ring (bicyclic) bond motifs is 1. The number of aromatic hydroxyl groups is 1. The molecule has 7 heteroatoms. The monoisotopic (exact) mass is 364 g/mol. The van der Waals surface area contributed by atoms with Crippen LogP contribution in [0.15, 0.2) is 36.5 Å². The highest BCUT2D eigenvalue weighted by Gasteiger charge is 2.14. The van der Waals surface area contributed by atoms with Crippen molar-refractivity contribution in [3.63, 3.8) is 0 Å². The van der Waals surface area contributed by atoms with E-state index in [1.165, 1.54) is 12.1 Å². The van der Waals surface area contributed by atoms with E-state index in [1.807, 2.05) is 22.6 Å². The average Bonchev–Trinajstić information content (AvgIpc) is 2.93. The Balaban J connectivity index is 2.08. The van der Waals surface area contributed by atoms with Crippen LogP contribution in [-0.4, -0.2) is 27.1 Å². The fourth-order valence-corrected chi connectivity index (χ4v) is 2.94. The summed E-state index contributed by atoms with van der Waals surface area (Å²) in [5.41, 5.74) is 2.60. The van der Waals surface area contributed by atoms with Crippen LogP contribution in [0.1, 0.15) is 12.6 Å². The molecule has 0 aliphatic rings. The van der Waals surface area contributed by atoms with Crippen LogP contribution < -0.4 is 0 Å². The Bertz CT molecular complexity index is 922. The first-order chi connectivity index (χ1) is 11.5. The predicted octanol–water partition coefficient (Wildman–Crippen LogP) is 4.12. The third-order valence-corrected chi connectivity index (χ3v) is 4.10. The van der Waals surface area contributed by atoms with E-state index in [-0.39, 0.29) is 23.2 Å². The fourth-order valence-electron chi connectivity index (χ4n) is 2.46. The average molecular weight is 365 g/mol. The van der Waals surface area contributed by atoms with Crippen LogP contribution in [-0.2, 0) is 16.0 Å². The molecule has 1 aromatic carbocycles. The minimum absolute atomic E-state index is 0.0556. The lowest BCUT2D eigenvalue weighted by molar-refractivity contribution is -0.142. The lowest BCUT2D eigenvalue weighted by atomic mass is 10.1. The van der Waals surface area contributed by atoms with Crippen molar-refractivity contribution < 1.29 is 14.6 Å². The Labute approximate surface area is 148 Å². The summed E-state index contributed by atoms with van der Waals surface area (Å²) in [6, 6.07) is 8.49. The van der Waals surface area contributed by atoms with Gasteiger partial charge in [-0.3, -0.25) is 9.20 Å². The molecule has 2 aromatic heterocycles. The molecule has 0 saturated heterocycles. The minimum atomic E-state index is -0.329. The van der Waals surface area contributed by atoms with Crippen LogP contribution in [0.2, 0.25) is 10.0 Å². The fraction of sp³-hybridized carbons (Fsp3) is 0.176. The lowest BCUT2D eigenvalue weighted by Crippen LogP contribution is -2.07. The summed E-state index contributed by atoms with van der Waals surface area (Å²) in [5, 5.41) is 10.5. The molecule has 5 nitrogen and oxygen atoms in total. The SMILES string of the molecule is CCOC(=O)Cc1cn2c(-c3cc(O)c(Cl)cc3Cl)cccc2n1. The van der Waals surface area contributed by atoms with E-state index in [9.17, 15) is 9.90 Å². The molecule has 0 saturated carbocycles. The number of phenols is 1. The van der Waals surface area contributed by atoms with Crippen LogP contribution in [0.25, 0.3) is 16.9 Å². The number of carbonyl (C=O) groups excluding carboxylic acids is 1. The smallest absolute Gasteiger partial charge is 0.311 e. The van der Waals surface area contributed by atoms with Gasteiger partial charge < -0.3 is 9.84 Å². The van der Waals surface area contributed by atoms with Gasteiger partial charge in [0.25, 0.3) is 0 Å². The van der Waals surface area contributed by atoms with E-state index in [1.54, 1.807) is 13.1 Å². The van der Waals surface area contributed by atoms with Crippen molar-refractivity contribution in [1.82, 2.24) is 9.38 Å². The molecule has 0 amide bonds. The molecule has 124 valence electrons. The number of carbonyl (C=O) groups is 1. The quantitative estimate of drug-likeness (QED) is 0.707. The molecule has 0 spiro atoms. The normalized spacial score (nSPS) is 11.0. The zero-order valence-corrected chi connectivity index (χ0v) is 14.3. The predicted molar refractivity (Wildman–Crippen MR) is 92.6 cm³/mol. The molecular weight excluding hydrogens is 351 g/mol. The first-order valence-corrected chi connectivity index (χ1v) is 8.06. The highest BCUT2D eigenvalue weighted by atomic mass is 35.5. The van der Waals surface area contributed by atoms with Crippen molar-refractivity contribution >= 4 is 34.8 Å². The van der Waals surface area contributed by atoms with E-state index >= 15 is 0 Å². The molecule has 3 aromatic rings. The van der Waals surface area contributed by atoms with Crippen molar-refractivity contribution in [2.75, 3.05) is 6.61 Å². The van der Waals surface area contributed by atoms with Gasteiger partial charge in [-0.2, -0.15) is 0 Å². The summed E-state index contributed by atoms with van der Waals surface area (Å²) >= 11 is 12.1. The molecule has 0 bridgehead atoms. The number of pyridine rings is 1. The van der Waals surface area contributed by atoms with Crippen LogP contribution in [0.3, 0.4) is 0 Å². The standard InChI is InChI=1S/C17H14Cl2N2O3/c1-2-24-17(23)6-10-9-21-14(4-3-5-16(21)20-10)11-7-15(22)13(19)8-12(11)18/h3-5,7-9,22H,2,6H2,1H3. The van der Waals surface area contributed by atoms with Crippen molar-refractivity contribution in [2.45, 2.75) is 13.3 Å². The Kier molecular flexibility index (Phi) is 4.64. The van der Waals surface area contributed by atoms with Gasteiger partial charge in [-0.15, -0.1) is 0 Å². The number of nitrogens with zero attached hydrogens (tertiary/aromatic N) is 2. The molecule has 24 heavy (non-hydrogen) atoms. The zero-order valence-electron chi connectivity index (χ0n) is 12.8. The van der Waals surface area contributed by atoms with Gasteiger partial charge in [0.1, 0.15) is 11.4 Å². The summed E-state index contributed by atoms with van der Waals surface area (Å²) in [6.45, 7) is 2.09. The number of rotatable bonds is 4. The summed E-state index contributed by atoms with van der Waals surface area (Å²) in [6.07, 6.45) is 1.85. The number of ether oxygens (including phenoxy) is 1. The number of esters is 1. The largest absolute Gasteiger partial charge is 0.506 e. The van der Waals surface area contributed by atoms with Gasteiger partial charge in [0, 0.05) is 11.8 Å². The molecule has 0 unspecified atom stereocenters. The summed E-state index contributed by atoms with van der Waals surface area (Å²) in [5.74, 6) is -0.385. The molecule has 2 heterocycles. The number of imidazole rings is 1. The Morgan fingerprint density at radius 2 is 2.08 bits per heavy atom. The zero-order chi connectivity index (χ0) is 17.3. The molecular formula is C17H14Cl2N2O3. The van der Waals surface area contributed by atoms with Crippen molar-refractivity contribution in [3.8, 4) is 17.0 Å². The van der Waals surface area contributed by atoms with Crippen molar-refractivity contribution in [2.24, 2.45) is 0 Å². The minimum Gasteiger partial charge on any atom is -0.506 e. The van der Waals surface area contributed by atoms with Gasteiger partial charge in [0.05, 0.1) is 34.5 Å². The molecule has 0 radical (unpaired) electrons. The van der Waals surface area contributed by atoms with Crippen LogP contribution in [0.5, 0.6) is 5.75 Å². The molecule has 3 rings (SSSR count). The van der Waals surface area contributed by atoms with E-state index in [0.29, 0.717) is 28.5 Å². The molecule has 1 N–H and O–H groups in total. The second-order valence-electron chi connectivity index (χ2n) is 5.14. The van der Waals surface area contributed by atoms with Crippen molar-refractivity contribution in [1.29, 1.82) is 0 Å². The third kappa shape index (κ3) is 3.18. The lowest BCUT2D eigenvalue weighted by Gasteiger charge is -2.09. The van der Waals surface area contributed by atoms with Gasteiger partial charge in [-0.1, -0.05) is 29.3 Å². The topological polar surface area (TPSA) is 63.8 Å². The van der Waals surface area contributed by atoms with Gasteiger partial charge in [-0.05, 0) is 31.2 Å². The summed E-state index contributed by atoms with van der Waals surface area (Å²) < 4.78 is 6.76. The van der Waals surface area contributed by atoms with Crippen LogP contribution in [0.4, 0.5) is 0 Å². The van der Waals surface area contributed by atoms with E-state index in [4.69, 9.17) is 27.9 Å². The maximum atomic E-state index is 11.6. The number of benzene rings is 1. The number of hydrogen-bond acceptors (Lipinski definition) is 4. The second-order valence-corrected chi connectivity index (χ2v) is 5.95. The van der Waals surface area contributed by atoms with Gasteiger partial charge in [0.15, 0.2) is 0 Å². The second kappa shape index (κ2) is 6.71. The number of hydrogen-bond donors (Lipinski definition) is 1. The molecule has 0 atom stereocenters. The molecule has 0 fully saturated rings. The van der Waals surface area contributed by atoms with E-state index in [2.05, 4.69) is 4.98 Å². The maximum Gasteiger partial charge on any atom is 0.311 e. The van der Waals surface area contributed by atoms with Gasteiger partial charge in [-0.25, -0.2) is 4.98 Å².